The molecule has 0 bridgehead atoms. The lowest BCUT2D eigenvalue weighted by molar-refractivity contribution is 0.0310. The van der Waals surface area contributed by atoms with Crippen molar-refractivity contribution in [3.8, 4) is 0 Å². The number of carbonyl (C=O) groups excluding carboxylic acids is 3. The van der Waals surface area contributed by atoms with Crippen molar-refractivity contribution in [3.05, 3.63) is 59.4 Å². The standard InChI is InChI=1S/C25H29N3O6S/c29-23(27-19-6-2-1-3-7-19)17-10-13-21(14-11-17)35(32,33)28-24(30)18-12-15-22(26-16-18)25(31)34-20-8-4-5-9-20/h10-16,19-20H,1-9H2,(H,27,29)(H,28,30). The number of rotatable bonds is 7. The second-order valence-corrected chi connectivity index (χ2v) is 10.7. The van der Waals surface area contributed by atoms with Crippen LogP contribution in [-0.4, -0.2) is 43.3 Å². The molecule has 1 aromatic heterocycles. The Balaban J connectivity index is 1.35. The third kappa shape index (κ3) is 6.45. The number of nitrogens with one attached hydrogen (secondary N) is 2. The predicted molar refractivity (Wildman–Crippen MR) is 127 cm³/mol. The average Bonchev–Trinajstić information content (AvgIpc) is 3.37. The van der Waals surface area contributed by atoms with Crippen LogP contribution in [0, 0.1) is 0 Å². The maximum absolute atomic E-state index is 12.7. The number of sulfonamides is 1. The number of ether oxygens (including phenoxy) is 1. The van der Waals surface area contributed by atoms with E-state index in [4.69, 9.17) is 4.74 Å². The van der Waals surface area contributed by atoms with Gasteiger partial charge in [-0.05, 0) is 74.9 Å². The number of amides is 2. The first-order chi connectivity index (χ1) is 16.8. The highest BCUT2D eigenvalue weighted by Crippen LogP contribution is 2.22. The Labute approximate surface area is 204 Å². The van der Waals surface area contributed by atoms with Gasteiger partial charge in [0.05, 0.1) is 10.5 Å². The first kappa shape index (κ1) is 24.8. The molecule has 2 N–H and O–H groups in total. The fraction of sp³-hybridized carbons (Fsp3) is 0.440. The molecular weight excluding hydrogens is 470 g/mol. The minimum atomic E-state index is -4.17. The molecule has 1 aromatic carbocycles. The van der Waals surface area contributed by atoms with E-state index in [2.05, 4.69) is 10.3 Å². The number of hydrogen-bond acceptors (Lipinski definition) is 7. The zero-order valence-electron chi connectivity index (χ0n) is 19.4. The highest BCUT2D eigenvalue weighted by atomic mass is 32.2. The summed E-state index contributed by atoms with van der Waals surface area (Å²) in [5.74, 6) is -1.70. The fourth-order valence-corrected chi connectivity index (χ4v) is 5.38. The zero-order chi connectivity index (χ0) is 24.8. The molecule has 10 heteroatoms. The van der Waals surface area contributed by atoms with E-state index in [1.54, 1.807) is 0 Å². The largest absolute Gasteiger partial charge is 0.458 e. The van der Waals surface area contributed by atoms with E-state index in [0.29, 0.717) is 5.56 Å². The fourth-order valence-electron chi connectivity index (χ4n) is 4.41. The van der Waals surface area contributed by atoms with Crippen molar-refractivity contribution >= 4 is 27.8 Å². The molecule has 0 unspecified atom stereocenters. The summed E-state index contributed by atoms with van der Waals surface area (Å²) in [6.45, 7) is 0. The summed E-state index contributed by atoms with van der Waals surface area (Å²) in [6, 6.07) is 8.20. The highest BCUT2D eigenvalue weighted by molar-refractivity contribution is 7.90. The van der Waals surface area contributed by atoms with E-state index in [-0.39, 0.29) is 34.2 Å². The number of esters is 1. The molecule has 2 fully saturated rings. The van der Waals surface area contributed by atoms with E-state index in [9.17, 15) is 22.8 Å². The number of benzene rings is 1. The van der Waals surface area contributed by atoms with Gasteiger partial charge >= 0.3 is 5.97 Å². The molecule has 2 aromatic rings. The van der Waals surface area contributed by atoms with E-state index < -0.39 is 21.9 Å². The molecule has 2 aliphatic rings. The maximum Gasteiger partial charge on any atom is 0.357 e. The minimum absolute atomic E-state index is 0.0190. The zero-order valence-corrected chi connectivity index (χ0v) is 20.2. The Morgan fingerprint density at radius 1 is 0.800 bits per heavy atom. The van der Waals surface area contributed by atoms with Gasteiger partial charge in [-0.3, -0.25) is 9.59 Å². The van der Waals surface area contributed by atoms with E-state index in [0.717, 1.165) is 57.6 Å². The number of pyridine rings is 1. The molecule has 0 aliphatic heterocycles. The van der Waals surface area contributed by atoms with Gasteiger partial charge in [0.15, 0.2) is 0 Å². The van der Waals surface area contributed by atoms with Gasteiger partial charge in [-0.1, -0.05) is 19.3 Å². The van der Waals surface area contributed by atoms with Crippen molar-refractivity contribution in [1.29, 1.82) is 0 Å². The topological polar surface area (TPSA) is 132 Å². The van der Waals surface area contributed by atoms with Gasteiger partial charge in [-0.25, -0.2) is 22.9 Å². The van der Waals surface area contributed by atoms with Crippen molar-refractivity contribution in [1.82, 2.24) is 15.0 Å². The monoisotopic (exact) mass is 499 g/mol. The van der Waals surface area contributed by atoms with Gasteiger partial charge < -0.3 is 10.1 Å². The van der Waals surface area contributed by atoms with Gasteiger partial charge in [0.1, 0.15) is 11.8 Å². The lowest BCUT2D eigenvalue weighted by atomic mass is 9.95. The van der Waals surface area contributed by atoms with E-state index in [1.165, 1.54) is 42.8 Å². The van der Waals surface area contributed by atoms with Crippen LogP contribution in [0.5, 0.6) is 0 Å². The first-order valence-corrected chi connectivity index (χ1v) is 13.5. The van der Waals surface area contributed by atoms with Gasteiger partial charge in [0.25, 0.3) is 21.8 Å². The molecule has 0 saturated heterocycles. The summed E-state index contributed by atoms with van der Waals surface area (Å²) in [6.07, 6.45) is 9.98. The molecule has 2 amide bonds. The number of hydrogen-bond donors (Lipinski definition) is 2. The van der Waals surface area contributed by atoms with Crippen molar-refractivity contribution < 1.29 is 27.5 Å². The Kier molecular flexibility index (Phi) is 7.80. The third-order valence-electron chi connectivity index (χ3n) is 6.40. The molecule has 0 atom stereocenters. The van der Waals surface area contributed by atoms with Gasteiger partial charge in [-0.15, -0.1) is 0 Å². The summed E-state index contributed by atoms with van der Waals surface area (Å²) < 4.78 is 32.7. The summed E-state index contributed by atoms with van der Waals surface area (Å²) >= 11 is 0. The van der Waals surface area contributed by atoms with E-state index in [1.807, 2.05) is 4.72 Å². The van der Waals surface area contributed by atoms with Crippen LogP contribution in [0.25, 0.3) is 0 Å². The summed E-state index contributed by atoms with van der Waals surface area (Å²) in [5, 5.41) is 2.98. The highest BCUT2D eigenvalue weighted by Gasteiger charge is 2.23. The van der Waals surface area contributed by atoms with Crippen LogP contribution in [0.4, 0.5) is 0 Å². The van der Waals surface area contributed by atoms with Crippen LogP contribution in [0.2, 0.25) is 0 Å². The average molecular weight is 500 g/mol. The first-order valence-electron chi connectivity index (χ1n) is 12.0. The quantitative estimate of drug-likeness (QED) is 0.558. The molecule has 1 heterocycles. The molecule has 186 valence electrons. The second kappa shape index (κ2) is 11.0. The van der Waals surface area contributed by atoms with Crippen molar-refractivity contribution in [2.24, 2.45) is 0 Å². The van der Waals surface area contributed by atoms with Crippen LogP contribution in [0.1, 0.15) is 89.0 Å². The molecule has 9 nitrogen and oxygen atoms in total. The lowest BCUT2D eigenvalue weighted by Crippen LogP contribution is -2.36. The Morgan fingerprint density at radius 3 is 2.06 bits per heavy atom. The van der Waals surface area contributed by atoms with Crippen LogP contribution in [-0.2, 0) is 14.8 Å². The van der Waals surface area contributed by atoms with Crippen molar-refractivity contribution in [3.63, 3.8) is 0 Å². The maximum atomic E-state index is 12.7. The van der Waals surface area contributed by atoms with Crippen LogP contribution in [0.15, 0.2) is 47.5 Å². The summed E-state index contributed by atoms with van der Waals surface area (Å²) in [5.41, 5.74) is 0.387. The smallest absolute Gasteiger partial charge is 0.357 e. The Hall–Kier alpha value is -3.27. The van der Waals surface area contributed by atoms with Crippen LogP contribution in [0.3, 0.4) is 0 Å². The minimum Gasteiger partial charge on any atom is -0.458 e. The molecule has 4 rings (SSSR count). The number of nitrogens with zero attached hydrogens (tertiary/aromatic N) is 1. The Bertz CT molecular complexity index is 1170. The van der Waals surface area contributed by atoms with Gasteiger partial charge in [0, 0.05) is 17.8 Å². The van der Waals surface area contributed by atoms with Crippen LogP contribution >= 0.6 is 0 Å². The molecule has 0 radical (unpaired) electrons. The van der Waals surface area contributed by atoms with Crippen molar-refractivity contribution in [2.45, 2.75) is 74.8 Å². The normalized spacial score (nSPS) is 17.0. The second-order valence-electron chi connectivity index (χ2n) is 9.01. The number of aromatic nitrogens is 1. The molecular formula is C25H29N3O6S. The van der Waals surface area contributed by atoms with Crippen LogP contribution < -0.4 is 10.0 Å². The predicted octanol–water partition coefficient (Wildman–Crippen LogP) is 3.36. The Morgan fingerprint density at radius 2 is 1.43 bits per heavy atom. The molecule has 0 spiro atoms. The summed E-state index contributed by atoms with van der Waals surface area (Å²) in [4.78, 5) is 40.9. The molecule has 2 saturated carbocycles. The van der Waals surface area contributed by atoms with Gasteiger partial charge in [-0.2, -0.15) is 0 Å². The SMILES string of the molecule is O=C(NC1CCCCC1)c1ccc(S(=O)(=O)NC(=O)c2ccc(C(=O)OC3CCCC3)nc2)cc1. The molecule has 2 aliphatic carbocycles. The van der Waals surface area contributed by atoms with Gasteiger partial charge in [0.2, 0.25) is 0 Å². The number of carbonyl (C=O) groups is 3. The van der Waals surface area contributed by atoms with Crippen molar-refractivity contribution in [2.75, 3.05) is 0 Å². The third-order valence-corrected chi connectivity index (χ3v) is 7.75. The molecule has 35 heavy (non-hydrogen) atoms. The van der Waals surface area contributed by atoms with E-state index >= 15 is 0 Å². The summed E-state index contributed by atoms with van der Waals surface area (Å²) in [7, 11) is -4.17. The lowest BCUT2D eigenvalue weighted by Gasteiger charge is -2.22.